The van der Waals surface area contributed by atoms with Crippen LogP contribution in [0.5, 0.6) is 0 Å². The Bertz CT molecular complexity index is 4600. The van der Waals surface area contributed by atoms with E-state index in [0.29, 0.717) is 17.5 Å². The summed E-state index contributed by atoms with van der Waals surface area (Å²) >= 11 is 0. The number of rotatable bonds is 7. The summed E-state index contributed by atoms with van der Waals surface area (Å²) in [6.45, 7) is 0. The fourth-order valence-corrected chi connectivity index (χ4v) is 11.3. The third-order valence-electron chi connectivity index (χ3n) is 14.5. The molecule has 340 valence electrons. The second-order valence-corrected chi connectivity index (χ2v) is 18.6. The van der Waals surface area contributed by atoms with Crippen LogP contribution in [-0.2, 0) is 0 Å². The van der Waals surface area contributed by atoms with Crippen LogP contribution in [0.3, 0.4) is 0 Å². The molecule has 10 aromatic carbocycles. The van der Waals surface area contributed by atoms with Gasteiger partial charge < -0.3 is 13.7 Å². The normalized spacial score (nSPS) is 11.8. The van der Waals surface area contributed by atoms with Crippen LogP contribution in [0.25, 0.3) is 139 Å². The fraction of sp³-hybridized carbons (Fsp3) is 0. The van der Waals surface area contributed by atoms with Crippen LogP contribution < -0.4 is 0 Å². The van der Waals surface area contributed by atoms with Crippen molar-refractivity contribution in [1.29, 1.82) is 0 Å². The van der Waals surface area contributed by atoms with Crippen LogP contribution in [-0.4, -0.2) is 33.6 Å². The highest BCUT2D eigenvalue weighted by Crippen LogP contribution is 2.42. The molecule has 0 radical (unpaired) electrons. The molecule has 0 saturated carbocycles. The Balaban J connectivity index is 0.896. The molecular weight excluding hydrogens is 891 g/mol. The summed E-state index contributed by atoms with van der Waals surface area (Å²) in [4.78, 5) is 20.7. The van der Waals surface area contributed by atoms with E-state index < -0.39 is 0 Å². The van der Waals surface area contributed by atoms with Crippen LogP contribution in [0.1, 0.15) is 0 Å². The predicted molar refractivity (Wildman–Crippen MR) is 300 cm³/mol. The van der Waals surface area contributed by atoms with Gasteiger partial charge in [0.05, 0.1) is 44.5 Å². The van der Waals surface area contributed by atoms with Crippen molar-refractivity contribution < 1.29 is 0 Å². The van der Waals surface area contributed by atoms with E-state index in [2.05, 4.69) is 238 Å². The van der Waals surface area contributed by atoms with Crippen LogP contribution in [0.15, 0.2) is 249 Å². The molecule has 0 unspecified atom stereocenters. The van der Waals surface area contributed by atoms with Crippen LogP contribution in [0.2, 0.25) is 0 Å². The molecule has 15 rings (SSSR count). The Labute approximate surface area is 419 Å². The van der Waals surface area contributed by atoms with Gasteiger partial charge in [-0.05, 0) is 84.2 Å². The monoisotopic (exact) mass is 931 g/mol. The second kappa shape index (κ2) is 16.3. The molecule has 7 heteroatoms. The minimum atomic E-state index is 0.593. The van der Waals surface area contributed by atoms with E-state index in [1.807, 2.05) is 24.4 Å². The number of aromatic nitrogens is 7. The zero-order valence-corrected chi connectivity index (χ0v) is 39.3. The summed E-state index contributed by atoms with van der Waals surface area (Å²) in [5.74, 6) is 1.82. The van der Waals surface area contributed by atoms with Crippen molar-refractivity contribution in [3.8, 4) is 62.5 Å². The Morgan fingerprint density at radius 1 is 0.274 bits per heavy atom. The lowest BCUT2D eigenvalue weighted by molar-refractivity contribution is 1.07. The maximum Gasteiger partial charge on any atom is 0.164 e. The van der Waals surface area contributed by atoms with Gasteiger partial charge in [0, 0.05) is 77.5 Å². The average molecular weight is 932 g/mol. The SMILES string of the molecule is c1ccc(-c2nc(-c3ccc(-c4nccc5c6cc(-n7c8ccccc8c8ccccc87)ccc6n(-c6cccc7ccccc67)c45)cc3)nc(-c3ccc4c(c3)c3ccccc3n4-c3ccccc3)n2)cc1. The highest BCUT2D eigenvalue weighted by atomic mass is 15.0. The number of nitrogens with zero attached hydrogens (tertiary/aromatic N) is 7. The molecule has 15 aromatic rings. The van der Waals surface area contributed by atoms with Gasteiger partial charge in [0.25, 0.3) is 0 Å². The summed E-state index contributed by atoms with van der Waals surface area (Å²) in [5, 5.41) is 9.40. The lowest BCUT2D eigenvalue weighted by Gasteiger charge is -2.14. The fourth-order valence-electron chi connectivity index (χ4n) is 11.3. The third kappa shape index (κ3) is 6.46. The Morgan fingerprint density at radius 3 is 1.45 bits per heavy atom. The van der Waals surface area contributed by atoms with Gasteiger partial charge >= 0.3 is 0 Å². The maximum atomic E-state index is 5.23. The molecule has 73 heavy (non-hydrogen) atoms. The van der Waals surface area contributed by atoms with Crippen molar-refractivity contribution in [2.75, 3.05) is 0 Å². The predicted octanol–water partition coefficient (Wildman–Crippen LogP) is 16.4. The average Bonchev–Trinajstić information content (AvgIpc) is 4.11. The van der Waals surface area contributed by atoms with E-state index in [1.54, 1.807) is 0 Å². The number of pyridine rings is 1. The number of hydrogen-bond acceptors (Lipinski definition) is 4. The van der Waals surface area contributed by atoms with Crippen molar-refractivity contribution in [2.45, 2.75) is 0 Å². The quantitative estimate of drug-likeness (QED) is 0.160. The van der Waals surface area contributed by atoms with Crippen LogP contribution >= 0.6 is 0 Å². The number of hydrogen-bond donors (Lipinski definition) is 0. The van der Waals surface area contributed by atoms with E-state index in [4.69, 9.17) is 19.9 Å². The first-order valence-electron chi connectivity index (χ1n) is 24.6. The van der Waals surface area contributed by atoms with Gasteiger partial charge in [-0.3, -0.25) is 4.98 Å². The molecule has 0 amide bonds. The molecule has 0 aliphatic carbocycles. The number of fused-ring (bicyclic) bond motifs is 10. The number of benzene rings is 10. The van der Waals surface area contributed by atoms with Gasteiger partial charge in [-0.2, -0.15) is 0 Å². The Hall–Kier alpha value is -9.98. The van der Waals surface area contributed by atoms with Crippen molar-refractivity contribution in [2.24, 2.45) is 0 Å². The molecule has 0 bridgehead atoms. The lowest BCUT2D eigenvalue weighted by atomic mass is 10.0. The standard InChI is InChI=1S/C66H41N7/c1-3-17-44(18-4-1)64-68-65(70-66(69-64)46-34-36-60-54(40-46)52-25-11-14-28-59(52)71(60)47-20-5-2-6-21-47)45-32-30-43(31-33-45)62-63-53(38-39-67-62)55-41-48(72-57-26-12-9-23-50(57)51-24-10-13-27-58(51)72)35-37-61(55)73(63)56-29-15-19-42-16-7-8-22-49(42)56/h1-41H. The molecule has 0 saturated heterocycles. The van der Waals surface area contributed by atoms with Gasteiger partial charge in [0.15, 0.2) is 17.5 Å². The molecule has 0 spiro atoms. The molecule has 0 fully saturated rings. The second-order valence-electron chi connectivity index (χ2n) is 18.6. The molecule has 0 aliphatic heterocycles. The van der Waals surface area contributed by atoms with E-state index >= 15 is 0 Å². The first kappa shape index (κ1) is 40.9. The Morgan fingerprint density at radius 2 is 0.753 bits per heavy atom. The third-order valence-corrected chi connectivity index (χ3v) is 14.5. The molecule has 0 N–H and O–H groups in total. The Kier molecular flexibility index (Phi) is 9.13. The number of para-hydroxylation sites is 4. The minimum Gasteiger partial charge on any atom is -0.309 e. The van der Waals surface area contributed by atoms with Crippen LogP contribution in [0, 0.1) is 0 Å². The summed E-state index contributed by atoms with van der Waals surface area (Å²) in [6.07, 6.45) is 1.95. The maximum absolute atomic E-state index is 5.23. The van der Waals surface area contributed by atoms with E-state index in [1.165, 1.54) is 38.0 Å². The summed E-state index contributed by atoms with van der Waals surface area (Å²) in [7, 11) is 0. The summed E-state index contributed by atoms with van der Waals surface area (Å²) < 4.78 is 7.13. The van der Waals surface area contributed by atoms with Gasteiger partial charge in [-0.25, -0.2) is 15.0 Å². The van der Waals surface area contributed by atoms with Crippen LogP contribution in [0.4, 0.5) is 0 Å². The van der Waals surface area contributed by atoms with E-state index in [-0.39, 0.29) is 0 Å². The minimum absolute atomic E-state index is 0.593. The van der Waals surface area contributed by atoms with Crippen molar-refractivity contribution in [3.05, 3.63) is 249 Å². The van der Waals surface area contributed by atoms with E-state index in [9.17, 15) is 0 Å². The zero-order chi connectivity index (χ0) is 48.0. The first-order valence-corrected chi connectivity index (χ1v) is 24.6. The van der Waals surface area contributed by atoms with Crippen molar-refractivity contribution >= 4 is 76.2 Å². The topological polar surface area (TPSA) is 66.3 Å². The molecule has 0 atom stereocenters. The zero-order valence-electron chi connectivity index (χ0n) is 39.3. The largest absolute Gasteiger partial charge is 0.309 e. The highest BCUT2D eigenvalue weighted by molar-refractivity contribution is 6.16. The van der Waals surface area contributed by atoms with Gasteiger partial charge in [-0.15, -0.1) is 0 Å². The smallest absolute Gasteiger partial charge is 0.164 e. The molecule has 5 heterocycles. The van der Waals surface area contributed by atoms with Crippen molar-refractivity contribution in [1.82, 2.24) is 33.6 Å². The highest BCUT2D eigenvalue weighted by Gasteiger charge is 2.22. The molecule has 7 nitrogen and oxygen atoms in total. The van der Waals surface area contributed by atoms with Gasteiger partial charge in [0.2, 0.25) is 0 Å². The lowest BCUT2D eigenvalue weighted by Crippen LogP contribution is -2.00. The van der Waals surface area contributed by atoms with E-state index in [0.717, 1.165) is 83.2 Å². The first-order chi connectivity index (χ1) is 36.2. The van der Waals surface area contributed by atoms with Gasteiger partial charge in [-0.1, -0.05) is 164 Å². The molecule has 5 aromatic heterocycles. The molecular formula is C66H41N7. The summed E-state index contributed by atoms with van der Waals surface area (Å²) in [6, 6.07) is 86.0. The van der Waals surface area contributed by atoms with Gasteiger partial charge in [0.1, 0.15) is 0 Å². The molecule has 0 aliphatic rings. The summed E-state index contributed by atoms with van der Waals surface area (Å²) in [5.41, 5.74) is 14.7. The van der Waals surface area contributed by atoms with Crippen molar-refractivity contribution in [3.63, 3.8) is 0 Å².